The van der Waals surface area contributed by atoms with E-state index in [9.17, 15) is 9.59 Å². The highest BCUT2D eigenvalue weighted by atomic mass is 16.6. The van der Waals surface area contributed by atoms with Crippen molar-refractivity contribution in [3.63, 3.8) is 0 Å². The third-order valence-electron chi connectivity index (χ3n) is 4.71. The van der Waals surface area contributed by atoms with E-state index in [0.29, 0.717) is 49.9 Å². The highest BCUT2D eigenvalue weighted by Gasteiger charge is 2.14. The Morgan fingerprint density at radius 1 is 1.03 bits per heavy atom. The van der Waals surface area contributed by atoms with Crippen LogP contribution in [0.1, 0.15) is 18.9 Å². The minimum absolute atomic E-state index is 0.0503. The van der Waals surface area contributed by atoms with E-state index in [-0.39, 0.29) is 18.2 Å². The van der Waals surface area contributed by atoms with E-state index < -0.39 is 0 Å². The van der Waals surface area contributed by atoms with Gasteiger partial charge in [0.15, 0.2) is 11.5 Å². The molecule has 2 aromatic rings. The van der Waals surface area contributed by atoms with Gasteiger partial charge in [-0.3, -0.25) is 9.59 Å². The zero-order valence-electron chi connectivity index (χ0n) is 16.8. The van der Waals surface area contributed by atoms with E-state index in [4.69, 9.17) is 14.2 Å². The van der Waals surface area contributed by atoms with E-state index in [2.05, 4.69) is 5.32 Å². The molecule has 0 radical (unpaired) electrons. The summed E-state index contributed by atoms with van der Waals surface area (Å²) in [5.41, 5.74) is 1.75. The Balaban J connectivity index is 1.49. The van der Waals surface area contributed by atoms with Crippen LogP contribution in [0.25, 0.3) is 0 Å². The van der Waals surface area contributed by atoms with Gasteiger partial charge in [0, 0.05) is 38.2 Å². The lowest BCUT2D eigenvalue weighted by molar-refractivity contribution is -0.129. The predicted molar refractivity (Wildman–Crippen MR) is 110 cm³/mol. The van der Waals surface area contributed by atoms with Gasteiger partial charge >= 0.3 is 0 Å². The lowest BCUT2D eigenvalue weighted by Crippen LogP contribution is -2.33. The van der Waals surface area contributed by atoms with Crippen molar-refractivity contribution >= 4 is 17.5 Å². The lowest BCUT2D eigenvalue weighted by Gasteiger charge is -2.21. The maximum Gasteiger partial charge on any atom is 0.226 e. The number of carbonyl (C=O) groups excluding carboxylic acids is 2. The molecular formula is C22H26N2O5. The van der Waals surface area contributed by atoms with Gasteiger partial charge in [-0.15, -0.1) is 0 Å². The summed E-state index contributed by atoms with van der Waals surface area (Å²) in [6.07, 6.45) is 0.935. The van der Waals surface area contributed by atoms with Gasteiger partial charge in [0.2, 0.25) is 11.8 Å². The summed E-state index contributed by atoms with van der Waals surface area (Å²) >= 11 is 0. The van der Waals surface area contributed by atoms with Gasteiger partial charge in [0.05, 0.1) is 7.11 Å². The lowest BCUT2D eigenvalue weighted by atomic mass is 10.1. The average molecular weight is 398 g/mol. The SMILES string of the molecule is COc1ccc(CCN(CCC(=O)Nc2ccc3c(c2)OCCO3)C(C)=O)cc1. The molecule has 0 aromatic heterocycles. The highest BCUT2D eigenvalue weighted by molar-refractivity contribution is 5.91. The summed E-state index contributed by atoms with van der Waals surface area (Å²) in [4.78, 5) is 25.9. The molecule has 2 aromatic carbocycles. The van der Waals surface area contributed by atoms with Gasteiger partial charge in [-0.2, -0.15) is 0 Å². The molecule has 154 valence electrons. The van der Waals surface area contributed by atoms with Crippen molar-refractivity contribution in [3.8, 4) is 17.2 Å². The first-order valence-electron chi connectivity index (χ1n) is 9.63. The second-order valence-electron chi connectivity index (χ2n) is 6.76. The third kappa shape index (κ3) is 5.88. The monoisotopic (exact) mass is 398 g/mol. The van der Waals surface area contributed by atoms with Crippen LogP contribution in [0.5, 0.6) is 17.2 Å². The van der Waals surface area contributed by atoms with Gasteiger partial charge in [-0.1, -0.05) is 12.1 Å². The summed E-state index contributed by atoms with van der Waals surface area (Å²) in [7, 11) is 1.63. The topological polar surface area (TPSA) is 77.1 Å². The van der Waals surface area contributed by atoms with Crippen LogP contribution in [0, 0.1) is 0 Å². The van der Waals surface area contributed by atoms with Crippen molar-refractivity contribution < 1.29 is 23.8 Å². The summed E-state index contributed by atoms with van der Waals surface area (Å²) in [5.74, 6) is 1.89. The summed E-state index contributed by atoms with van der Waals surface area (Å²) in [6.45, 7) is 3.45. The molecule has 7 heteroatoms. The smallest absolute Gasteiger partial charge is 0.226 e. The number of nitrogens with one attached hydrogen (secondary N) is 1. The van der Waals surface area contributed by atoms with Crippen molar-refractivity contribution in [2.45, 2.75) is 19.8 Å². The summed E-state index contributed by atoms with van der Waals surface area (Å²) in [5, 5.41) is 2.85. The minimum Gasteiger partial charge on any atom is -0.497 e. The Morgan fingerprint density at radius 3 is 2.45 bits per heavy atom. The molecule has 0 bridgehead atoms. The van der Waals surface area contributed by atoms with E-state index in [0.717, 1.165) is 11.3 Å². The number of amides is 2. The average Bonchev–Trinajstić information content (AvgIpc) is 2.73. The van der Waals surface area contributed by atoms with Gasteiger partial charge in [0.1, 0.15) is 19.0 Å². The van der Waals surface area contributed by atoms with Crippen molar-refractivity contribution in [2.75, 3.05) is 38.7 Å². The number of fused-ring (bicyclic) bond motifs is 1. The van der Waals surface area contributed by atoms with E-state index in [1.165, 1.54) is 6.92 Å². The first kappa shape index (κ1) is 20.5. The molecular weight excluding hydrogens is 372 g/mol. The van der Waals surface area contributed by atoms with E-state index in [1.807, 2.05) is 24.3 Å². The van der Waals surface area contributed by atoms with Crippen LogP contribution in [-0.2, 0) is 16.0 Å². The molecule has 0 spiro atoms. The fraction of sp³-hybridized carbons (Fsp3) is 0.364. The number of hydrogen-bond donors (Lipinski definition) is 1. The van der Waals surface area contributed by atoms with Crippen LogP contribution in [-0.4, -0.2) is 50.1 Å². The molecule has 0 saturated carbocycles. The van der Waals surface area contributed by atoms with Crippen LogP contribution in [0.4, 0.5) is 5.69 Å². The Hall–Kier alpha value is -3.22. The Morgan fingerprint density at radius 2 is 1.76 bits per heavy atom. The fourth-order valence-corrected chi connectivity index (χ4v) is 3.06. The summed E-state index contributed by atoms with van der Waals surface area (Å²) in [6, 6.07) is 13.1. The van der Waals surface area contributed by atoms with E-state index >= 15 is 0 Å². The number of hydrogen-bond acceptors (Lipinski definition) is 5. The maximum atomic E-state index is 12.3. The number of benzene rings is 2. The molecule has 0 atom stereocenters. The molecule has 1 heterocycles. The van der Waals surface area contributed by atoms with Crippen LogP contribution in [0.3, 0.4) is 0 Å². The van der Waals surface area contributed by atoms with Gasteiger partial charge < -0.3 is 24.4 Å². The molecule has 7 nitrogen and oxygen atoms in total. The number of carbonyl (C=O) groups is 2. The summed E-state index contributed by atoms with van der Waals surface area (Å²) < 4.78 is 16.2. The highest BCUT2D eigenvalue weighted by Crippen LogP contribution is 2.32. The molecule has 0 aliphatic carbocycles. The first-order chi connectivity index (χ1) is 14.0. The predicted octanol–water partition coefficient (Wildman–Crippen LogP) is 2.89. The normalized spacial score (nSPS) is 12.2. The molecule has 3 rings (SSSR count). The molecule has 29 heavy (non-hydrogen) atoms. The molecule has 0 saturated heterocycles. The minimum atomic E-state index is -0.155. The second-order valence-corrected chi connectivity index (χ2v) is 6.76. The molecule has 1 N–H and O–H groups in total. The standard InChI is InChI=1S/C22H26N2O5/c1-16(25)24(11-9-17-3-6-19(27-2)7-4-17)12-10-22(26)23-18-5-8-20-21(15-18)29-14-13-28-20/h3-8,15H,9-14H2,1-2H3,(H,23,26). The maximum absolute atomic E-state index is 12.3. The number of methoxy groups -OCH3 is 1. The molecule has 0 unspecified atom stereocenters. The third-order valence-corrected chi connectivity index (χ3v) is 4.71. The molecule has 1 aliphatic rings. The number of anilines is 1. The van der Waals surface area contributed by atoms with Crippen molar-refractivity contribution in [1.82, 2.24) is 4.90 Å². The largest absolute Gasteiger partial charge is 0.497 e. The Kier molecular flexibility index (Phi) is 6.94. The number of nitrogens with zero attached hydrogens (tertiary/aromatic N) is 1. The number of ether oxygens (including phenoxy) is 3. The molecule has 2 amide bonds. The van der Waals surface area contributed by atoms with Crippen LogP contribution in [0.15, 0.2) is 42.5 Å². The molecule has 1 aliphatic heterocycles. The zero-order valence-corrected chi connectivity index (χ0v) is 16.8. The zero-order chi connectivity index (χ0) is 20.6. The van der Waals surface area contributed by atoms with Gasteiger partial charge in [-0.25, -0.2) is 0 Å². The second kappa shape index (κ2) is 9.82. The van der Waals surface area contributed by atoms with Crippen LogP contribution < -0.4 is 19.5 Å². The Labute approximate surface area is 170 Å². The Bertz CT molecular complexity index is 851. The van der Waals surface area contributed by atoms with Gasteiger partial charge in [-0.05, 0) is 36.2 Å². The van der Waals surface area contributed by atoms with Crippen LogP contribution in [0.2, 0.25) is 0 Å². The van der Waals surface area contributed by atoms with Gasteiger partial charge in [0.25, 0.3) is 0 Å². The van der Waals surface area contributed by atoms with Crippen molar-refractivity contribution in [3.05, 3.63) is 48.0 Å². The number of rotatable bonds is 8. The van der Waals surface area contributed by atoms with Crippen molar-refractivity contribution in [1.29, 1.82) is 0 Å². The first-order valence-corrected chi connectivity index (χ1v) is 9.63. The van der Waals surface area contributed by atoms with Crippen molar-refractivity contribution in [2.24, 2.45) is 0 Å². The fourth-order valence-electron chi connectivity index (χ4n) is 3.06. The molecule has 0 fully saturated rings. The van der Waals surface area contributed by atoms with E-state index in [1.54, 1.807) is 30.2 Å². The van der Waals surface area contributed by atoms with Crippen LogP contribution >= 0.6 is 0 Å². The quantitative estimate of drug-likeness (QED) is 0.740.